The van der Waals surface area contributed by atoms with Gasteiger partial charge < -0.3 is 10.2 Å². The summed E-state index contributed by atoms with van der Waals surface area (Å²) in [7, 11) is 0. The molecule has 5 heteroatoms. The maximum atomic E-state index is 13.0. The molecule has 1 N–H and O–H groups in total. The summed E-state index contributed by atoms with van der Waals surface area (Å²) in [5, 5.41) is 11.9. The van der Waals surface area contributed by atoms with Gasteiger partial charge in [-0.3, -0.25) is 9.59 Å². The molecule has 0 aliphatic carbocycles. The van der Waals surface area contributed by atoms with E-state index in [2.05, 4.69) is 17.5 Å². The minimum absolute atomic E-state index is 0.0911. The largest absolute Gasteiger partial charge is 0.334 e. The molecular formula is C24H19N3O2. The van der Waals surface area contributed by atoms with Gasteiger partial charge in [0.2, 0.25) is 0 Å². The zero-order chi connectivity index (χ0) is 20.2. The lowest BCUT2D eigenvalue weighted by molar-refractivity contribution is 0.0734. The number of carbonyl (C=O) groups is 2. The number of benzene rings is 3. The van der Waals surface area contributed by atoms with Crippen molar-refractivity contribution in [3.63, 3.8) is 0 Å². The van der Waals surface area contributed by atoms with Crippen molar-refractivity contribution in [2.24, 2.45) is 0 Å². The topological polar surface area (TPSA) is 73.2 Å². The van der Waals surface area contributed by atoms with E-state index in [4.69, 9.17) is 0 Å². The highest BCUT2D eigenvalue weighted by Crippen LogP contribution is 2.21. The van der Waals surface area contributed by atoms with Crippen LogP contribution >= 0.6 is 0 Å². The lowest BCUT2D eigenvalue weighted by Gasteiger charge is -2.29. The maximum Gasteiger partial charge on any atom is 0.255 e. The number of carbonyl (C=O) groups excluding carboxylic acids is 2. The Morgan fingerprint density at radius 3 is 2.45 bits per heavy atom. The molecule has 0 spiro atoms. The standard InChI is InChI=1S/C24H19N3O2/c25-15-20-7-3-4-11-22(20)26-23(28)18-9-5-10-19(14-18)24(29)27-13-12-17-6-1-2-8-21(17)16-27/h1-11,14H,12-13,16H2,(H,26,28). The summed E-state index contributed by atoms with van der Waals surface area (Å²) < 4.78 is 0. The fourth-order valence-electron chi connectivity index (χ4n) is 3.53. The smallest absolute Gasteiger partial charge is 0.255 e. The third kappa shape index (κ3) is 3.87. The number of amides is 2. The molecule has 29 heavy (non-hydrogen) atoms. The number of fused-ring (bicyclic) bond motifs is 1. The Bertz CT molecular complexity index is 1130. The van der Waals surface area contributed by atoms with Gasteiger partial charge >= 0.3 is 0 Å². The molecule has 0 fully saturated rings. The normalized spacial score (nSPS) is 12.6. The highest BCUT2D eigenvalue weighted by molar-refractivity contribution is 6.06. The van der Waals surface area contributed by atoms with Crippen LogP contribution in [0.4, 0.5) is 5.69 Å². The van der Waals surface area contributed by atoms with Crippen LogP contribution < -0.4 is 5.32 Å². The predicted molar refractivity (Wildman–Crippen MR) is 110 cm³/mol. The Morgan fingerprint density at radius 2 is 1.62 bits per heavy atom. The number of rotatable bonds is 3. The molecule has 0 atom stereocenters. The van der Waals surface area contributed by atoms with Crippen LogP contribution in [0.15, 0.2) is 72.8 Å². The van der Waals surface area contributed by atoms with Gasteiger partial charge in [0.05, 0.1) is 11.3 Å². The Balaban J connectivity index is 1.52. The van der Waals surface area contributed by atoms with Gasteiger partial charge in [0.25, 0.3) is 11.8 Å². The van der Waals surface area contributed by atoms with Crippen molar-refractivity contribution in [2.45, 2.75) is 13.0 Å². The lowest BCUT2D eigenvalue weighted by atomic mass is 9.99. The summed E-state index contributed by atoms with van der Waals surface area (Å²) >= 11 is 0. The highest BCUT2D eigenvalue weighted by Gasteiger charge is 2.22. The molecule has 1 aliphatic rings. The molecule has 0 aromatic heterocycles. The molecule has 0 radical (unpaired) electrons. The third-order valence-corrected chi connectivity index (χ3v) is 5.09. The number of anilines is 1. The van der Waals surface area contributed by atoms with Gasteiger partial charge in [0.15, 0.2) is 0 Å². The summed E-state index contributed by atoms with van der Waals surface area (Å²) in [6.07, 6.45) is 0.826. The number of hydrogen-bond donors (Lipinski definition) is 1. The molecule has 1 aliphatic heterocycles. The molecule has 1 heterocycles. The summed E-state index contributed by atoms with van der Waals surface area (Å²) in [6, 6.07) is 23.7. The number of nitrogens with one attached hydrogen (secondary N) is 1. The summed E-state index contributed by atoms with van der Waals surface area (Å²) in [6.45, 7) is 1.22. The van der Waals surface area contributed by atoms with Crippen molar-refractivity contribution in [1.82, 2.24) is 4.90 Å². The van der Waals surface area contributed by atoms with Crippen LogP contribution in [0.25, 0.3) is 0 Å². The van der Waals surface area contributed by atoms with Gasteiger partial charge in [-0.1, -0.05) is 42.5 Å². The van der Waals surface area contributed by atoms with E-state index in [1.165, 1.54) is 5.56 Å². The summed E-state index contributed by atoms with van der Waals surface area (Å²) in [5.41, 5.74) is 4.13. The van der Waals surface area contributed by atoms with E-state index in [-0.39, 0.29) is 11.8 Å². The SMILES string of the molecule is N#Cc1ccccc1NC(=O)c1cccc(C(=O)N2CCc3ccccc3C2)c1. The minimum atomic E-state index is -0.355. The van der Waals surface area contributed by atoms with Crippen LogP contribution in [0.1, 0.15) is 37.4 Å². The third-order valence-electron chi connectivity index (χ3n) is 5.09. The van der Waals surface area contributed by atoms with Crippen molar-refractivity contribution >= 4 is 17.5 Å². The van der Waals surface area contributed by atoms with E-state index in [0.29, 0.717) is 35.5 Å². The first-order chi connectivity index (χ1) is 14.2. The monoisotopic (exact) mass is 381 g/mol. The second kappa shape index (κ2) is 7.99. The summed E-state index contributed by atoms with van der Waals surface area (Å²) in [4.78, 5) is 27.5. The van der Waals surface area contributed by atoms with Gasteiger partial charge in [-0.05, 0) is 47.9 Å². The molecule has 0 saturated heterocycles. The maximum absolute atomic E-state index is 13.0. The molecule has 0 unspecified atom stereocenters. The van der Waals surface area contributed by atoms with Crippen LogP contribution in [0.3, 0.4) is 0 Å². The first-order valence-electron chi connectivity index (χ1n) is 9.42. The predicted octanol–water partition coefficient (Wildman–Crippen LogP) is 4.01. The Morgan fingerprint density at radius 1 is 0.897 bits per heavy atom. The van der Waals surface area contributed by atoms with Crippen LogP contribution in [0.5, 0.6) is 0 Å². The zero-order valence-corrected chi connectivity index (χ0v) is 15.8. The second-order valence-corrected chi connectivity index (χ2v) is 6.94. The summed E-state index contributed by atoms with van der Waals surface area (Å²) in [5.74, 6) is -0.446. The van der Waals surface area contributed by atoms with Gasteiger partial charge in [-0.2, -0.15) is 5.26 Å². The molecule has 4 rings (SSSR count). The van der Waals surface area contributed by atoms with Crippen LogP contribution in [0.2, 0.25) is 0 Å². The van der Waals surface area contributed by atoms with E-state index in [9.17, 15) is 14.9 Å². The van der Waals surface area contributed by atoms with Crippen molar-refractivity contribution < 1.29 is 9.59 Å². The number of nitrogens with zero attached hydrogens (tertiary/aromatic N) is 2. The van der Waals surface area contributed by atoms with Crippen molar-refractivity contribution in [3.05, 3.63) is 101 Å². The second-order valence-electron chi connectivity index (χ2n) is 6.94. The molecule has 142 valence electrons. The molecule has 5 nitrogen and oxygen atoms in total. The fourth-order valence-corrected chi connectivity index (χ4v) is 3.53. The van der Waals surface area contributed by atoms with Gasteiger partial charge in [0.1, 0.15) is 6.07 Å². The highest BCUT2D eigenvalue weighted by atomic mass is 16.2. The van der Waals surface area contributed by atoms with Crippen LogP contribution in [-0.2, 0) is 13.0 Å². The van der Waals surface area contributed by atoms with Gasteiger partial charge in [-0.25, -0.2) is 0 Å². The Kier molecular flexibility index (Phi) is 5.08. The number of nitriles is 1. The van der Waals surface area contributed by atoms with Crippen molar-refractivity contribution in [3.8, 4) is 6.07 Å². The first-order valence-corrected chi connectivity index (χ1v) is 9.42. The van der Waals surface area contributed by atoms with E-state index >= 15 is 0 Å². The Hall–Kier alpha value is -3.91. The number of hydrogen-bond acceptors (Lipinski definition) is 3. The number of para-hydroxylation sites is 1. The molecule has 3 aromatic rings. The van der Waals surface area contributed by atoms with Crippen LogP contribution in [0, 0.1) is 11.3 Å². The first kappa shape index (κ1) is 18.5. The molecule has 0 saturated carbocycles. The van der Waals surface area contributed by atoms with E-state index in [0.717, 1.165) is 12.0 Å². The molecule has 3 aromatic carbocycles. The molecule has 0 bridgehead atoms. The van der Waals surface area contributed by atoms with E-state index in [1.54, 1.807) is 48.5 Å². The molecular weight excluding hydrogens is 362 g/mol. The van der Waals surface area contributed by atoms with Gasteiger partial charge in [0, 0.05) is 24.2 Å². The van der Waals surface area contributed by atoms with Gasteiger partial charge in [-0.15, -0.1) is 0 Å². The zero-order valence-electron chi connectivity index (χ0n) is 15.8. The van der Waals surface area contributed by atoms with Crippen LogP contribution in [-0.4, -0.2) is 23.3 Å². The minimum Gasteiger partial charge on any atom is -0.334 e. The fraction of sp³-hybridized carbons (Fsp3) is 0.125. The van der Waals surface area contributed by atoms with Crippen molar-refractivity contribution in [1.29, 1.82) is 5.26 Å². The Labute approximate surface area is 169 Å². The van der Waals surface area contributed by atoms with E-state index < -0.39 is 0 Å². The lowest BCUT2D eigenvalue weighted by Crippen LogP contribution is -2.36. The van der Waals surface area contributed by atoms with E-state index in [1.807, 2.05) is 23.1 Å². The quantitative estimate of drug-likeness (QED) is 0.745. The average molecular weight is 381 g/mol. The molecule has 2 amide bonds. The van der Waals surface area contributed by atoms with Crippen molar-refractivity contribution in [2.75, 3.05) is 11.9 Å². The average Bonchev–Trinajstić information content (AvgIpc) is 2.78.